The summed E-state index contributed by atoms with van der Waals surface area (Å²) in [6.45, 7) is 7.29. The van der Waals surface area contributed by atoms with E-state index >= 15 is 0 Å². The van der Waals surface area contributed by atoms with Crippen LogP contribution in [0.1, 0.15) is 19.4 Å². The highest BCUT2D eigenvalue weighted by molar-refractivity contribution is 6.34. The van der Waals surface area contributed by atoms with Gasteiger partial charge < -0.3 is 0 Å². The van der Waals surface area contributed by atoms with Crippen molar-refractivity contribution in [2.45, 2.75) is 20.4 Å². The molecule has 0 radical (unpaired) electrons. The molecule has 0 heterocycles. The molecule has 1 nitrogen and oxygen atoms in total. The van der Waals surface area contributed by atoms with Crippen molar-refractivity contribution >= 4 is 23.2 Å². The number of hydrogen-bond donors (Lipinski definition) is 0. The minimum Gasteiger partial charge on any atom is -0.300 e. The molecule has 0 spiro atoms. The number of benzene rings is 1. The Morgan fingerprint density at radius 2 is 1.50 bits per heavy atom. The zero-order valence-corrected chi connectivity index (χ0v) is 10.1. The quantitative estimate of drug-likeness (QED) is 0.762. The summed E-state index contributed by atoms with van der Waals surface area (Å²) < 4.78 is 0. The van der Waals surface area contributed by atoms with Gasteiger partial charge >= 0.3 is 0 Å². The van der Waals surface area contributed by atoms with Gasteiger partial charge in [-0.3, -0.25) is 4.90 Å². The molecule has 0 aliphatic heterocycles. The van der Waals surface area contributed by atoms with E-state index in [1.165, 1.54) is 5.56 Å². The maximum Gasteiger partial charge on any atom is 0.0424 e. The minimum atomic E-state index is 0.708. The number of rotatable bonds is 4. The molecule has 0 atom stereocenters. The van der Waals surface area contributed by atoms with Gasteiger partial charge in [-0.2, -0.15) is 0 Å². The Morgan fingerprint density at radius 1 is 1.00 bits per heavy atom. The summed E-state index contributed by atoms with van der Waals surface area (Å²) in [6, 6.07) is 5.69. The molecule has 14 heavy (non-hydrogen) atoms. The molecule has 1 aromatic carbocycles. The Labute approximate surface area is 95.6 Å². The van der Waals surface area contributed by atoms with Crippen molar-refractivity contribution in [1.82, 2.24) is 4.90 Å². The van der Waals surface area contributed by atoms with Crippen molar-refractivity contribution in [3.63, 3.8) is 0 Å². The molecule has 0 fully saturated rings. The fourth-order valence-electron chi connectivity index (χ4n) is 1.41. The van der Waals surface area contributed by atoms with Crippen molar-refractivity contribution < 1.29 is 0 Å². The Bertz CT molecular complexity index is 275. The van der Waals surface area contributed by atoms with Crippen molar-refractivity contribution in [2.24, 2.45) is 0 Å². The van der Waals surface area contributed by atoms with Crippen molar-refractivity contribution in [3.05, 3.63) is 33.8 Å². The second-order valence-corrected chi connectivity index (χ2v) is 4.11. The van der Waals surface area contributed by atoms with Crippen LogP contribution >= 0.6 is 23.2 Å². The van der Waals surface area contributed by atoms with Gasteiger partial charge in [-0.25, -0.2) is 0 Å². The molecule has 1 rings (SSSR count). The second kappa shape index (κ2) is 5.59. The van der Waals surface area contributed by atoms with E-state index in [-0.39, 0.29) is 0 Å². The van der Waals surface area contributed by atoms with Gasteiger partial charge in [-0.1, -0.05) is 37.0 Å². The maximum absolute atomic E-state index is 5.92. The first-order valence-electron chi connectivity index (χ1n) is 4.83. The molecular formula is C11H15Cl2N. The van der Waals surface area contributed by atoms with E-state index in [2.05, 4.69) is 18.7 Å². The van der Waals surface area contributed by atoms with Crippen LogP contribution in [0.4, 0.5) is 0 Å². The standard InChI is InChI=1S/C11H15Cl2N/c1-3-14(4-2)8-9-5-10(12)7-11(13)6-9/h5-7H,3-4,8H2,1-2H3. The van der Waals surface area contributed by atoms with Gasteiger partial charge in [0.05, 0.1) is 0 Å². The Morgan fingerprint density at radius 3 is 1.93 bits per heavy atom. The zero-order chi connectivity index (χ0) is 10.6. The van der Waals surface area contributed by atoms with Crippen molar-refractivity contribution in [2.75, 3.05) is 13.1 Å². The van der Waals surface area contributed by atoms with Crippen LogP contribution in [0.2, 0.25) is 10.0 Å². The van der Waals surface area contributed by atoms with E-state index in [4.69, 9.17) is 23.2 Å². The Balaban J connectivity index is 2.75. The van der Waals surface area contributed by atoms with Gasteiger partial charge in [0.1, 0.15) is 0 Å². The van der Waals surface area contributed by atoms with Gasteiger partial charge in [0.2, 0.25) is 0 Å². The van der Waals surface area contributed by atoms with Gasteiger partial charge in [0.25, 0.3) is 0 Å². The highest BCUT2D eigenvalue weighted by Gasteiger charge is 2.02. The summed E-state index contributed by atoms with van der Waals surface area (Å²) in [6.07, 6.45) is 0. The maximum atomic E-state index is 5.92. The average molecular weight is 232 g/mol. The van der Waals surface area contributed by atoms with E-state index in [1.807, 2.05) is 12.1 Å². The van der Waals surface area contributed by atoms with E-state index < -0.39 is 0 Å². The third-order valence-corrected chi connectivity index (χ3v) is 2.66. The second-order valence-electron chi connectivity index (χ2n) is 3.24. The molecule has 0 aliphatic carbocycles. The van der Waals surface area contributed by atoms with E-state index in [1.54, 1.807) is 6.07 Å². The summed E-state index contributed by atoms with van der Waals surface area (Å²) in [4.78, 5) is 2.32. The van der Waals surface area contributed by atoms with Crippen LogP contribution in [-0.4, -0.2) is 18.0 Å². The monoisotopic (exact) mass is 231 g/mol. The van der Waals surface area contributed by atoms with E-state index in [0.717, 1.165) is 19.6 Å². The lowest BCUT2D eigenvalue weighted by Gasteiger charge is -2.18. The van der Waals surface area contributed by atoms with Crippen LogP contribution in [0, 0.1) is 0 Å². The molecule has 3 heteroatoms. The van der Waals surface area contributed by atoms with Crippen LogP contribution < -0.4 is 0 Å². The van der Waals surface area contributed by atoms with Crippen molar-refractivity contribution in [1.29, 1.82) is 0 Å². The predicted molar refractivity (Wildman–Crippen MR) is 63.1 cm³/mol. The first kappa shape index (κ1) is 11.8. The highest BCUT2D eigenvalue weighted by Crippen LogP contribution is 2.19. The lowest BCUT2D eigenvalue weighted by molar-refractivity contribution is 0.296. The molecule has 0 bridgehead atoms. The SMILES string of the molecule is CCN(CC)Cc1cc(Cl)cc(Cl)c1. The molecular weight excluding hydrogens is 217 g/mol. The molecule has 0 aromatic heterocycles. The summed E-state index contributed by atoms with van der Waals surface area (Å²) in [5, 5.41) is 1.42. The van der Waals surface area contributed by atoms with Crippen molar-refractivity contribution in [3.8, 4) is 0 Å². The summed E-state index contributed by atoms with van der Waals surface area (Å²) in [7, 11) is 0. The Hall–Kier alpha value is -0.240. The normalized spacial score (nSPS) is 10.9. The molecule has 0 aliphatic rings. The first-order valence-corrected chi connectivity index (χ1v) is 5.58. The van der Waals surface area contributed by atoms with Crippen LogP contribution in [0.15, 0.2) is 18.2 Å². The summed E-state index contributed by atoms with van der Waals surface area (Å²) in [5.41, 5.74) is 1.17. The molecule has 0 saturated heterocycles. The fraction of sp³-hybridized carbons (Fsp3) is 0.455. The highest BCUT2D eigenvalue weighted by atomic mass is 35.5. The topological polar surface area (TPSA) is 3.24 Å². The molecule has 78 valence electrons. The van der Waals surface area contributed by atoms with Crippen LogP contribution in [0.3, 0.4) is 0 Å². The zero-order valence-electron chi connectivity index (χ0n) is 8.56. The molecule has 0 amide bonds. The van der Waals surface area contributed by atoms with Gasteiger partial charge in [-0.05, 0) is 36.9 Å². The molecule has 0 N–H and O–H groups in total. The smallest absolute Gasteiger partial charge is 0.0424 e. The third-order valence-electron chi connectivity index (χ3n) is 2.22. The number of nitrogens with zero attached hydrogens (tertiary/aromatic N) is 1. The van der Waals surface area contributed by atoms with Gasteiger partial charge in [0, 0.05) is 16.6 Å². The van der Waals surface area contributed by atoms with Crippen LogP contribution in [-0.2, 0) is 6.54 Å². The lowest BCUT2D eigenvalue weighted by atomic mass is 10.2. The largest absolute Gasteiger partial charge is 0.300 e. The van der Waals surface area contributed by atoms with Crippen LogP contribution in [0.25, 0.3) is 0 Å². The Kier molecular flexibility index (Phi) is 4.73. The number of halogens is 2. The predicted octanol–water partition coefficient (Wildman–Crippen LogP) is 3.84. The summed E-state index contributed by atoms with van der Waals surface area (Å²) in [5.74, 6) is 0. The molecule has 0 unspecified atom stereocenters. The van der Waals surface area contributed by atoms with Crippen LogP contribution in [0.5, 0.6) is 0 Å². The van der Waals surface area contributed by atoms with E-state index in [0.29, 0.717) is 10.0 Å². The fourth-order valence-corrected chi connectivity index (χ4v) is 1.98. The van der Waals surface area contributed by atoms with Gasteiger partial charge in [0.15, 0.2) is 0 Å². The molecule has 0 saturated carbocycles. The van der Waals surface area contributed by atoms with E-state index in [9.17, 15) is 0 Å². The number of hydrogen-bond acceptors (Lipinski definition) is 1. The van der Waals surface area contributed by atoms with Gasteiger partial charge in [-0.15, -0.1) is 0 Å². The minimum absolute atomic E-state index is 0.708. The lowest BCUT2D eigenvalue weighted by Crippen LogP contribution is -2.22. The molecule has 1 aromatic rings. The average Bonchev–Trinajstić information content (AvgIpc) is 2.12. The third kappa shape index (κ3) is 3.49. The first-order chi connectivity index (χ1) is 6.65. The summed E-state index contributed by atoms with van der Waals surface area (Å²) >= 11 is 11.8.